The molecule has 0 bridgehead atoms. The maximum Gasteiger partial charge on any atom is 0.326 e. The lowest BCUT2D eigenvalue weighted by Crippen LogP contribution is -2.21. The summed E-state index contributed by atoms with van der Waals surface area (Å²) in [6, 6.07) is 6.64. The lowest BCUT2D eigenvalue weighted by molar-refractivity contribution is 0.262. The van der Waals surface area contributed by atoms with E-state index in [0.29, 0.717) is 17.3 Å². The van der Waals surface area contributed by atoms with Crippen LogP contribution in [0.2, 0.25) is 0 Å². The molecule has 22 heavy (non-hydrogen) atoms. The van der Waals surface area contributed by atoms with Gasteiger partial charge in [-0.25, -0.2) is 14.8 Å². The molecule has 0 atom stereocenters. The van der Waals surface area contributed by atoms with Crippen molar-refractivity contribution in [2.75, 3.05) is 16.4 Å². The van der Waals surface area contributed by atoms with Gasteiger partial charge in [-0.3, -0.25) is 15.6 Å². The topological polar surface area (TPSA) is 106 Å². The van der Waals surface area contributed by atoms with E-state index in [2.05, 4.69) is 25.6 Å². The Balaban J connectivity index is 1.68. The number of thiazole rings is 1. The van der Waals surface area contributed by atoms with E-state index in [9.17, 15) is 4.79 Å². The minimum atomic E-state index is -0.451. The lowest BCUT2D eigenvalue weighted by Gasteiger charge is -2.06. The van der Waals surface area contributed by atoms with Crippen LogP contribution in [0.3, 0.4) is 0 Å². The van der Waals surface area contributed by atoms with Gasteiger partial charge in [-0.1, -0.05) is 0 Å². The number of nitrogens with two attached hydrogens (primary N) is 1. The van der Waals surface area contributed by atoms with Crippen LogP contribution in [0.4, 0.5) is 22.1 Å². The molecule has 8 heteroatoms. The molecule has 0 aliphatic rings. The molecule has 4 N–H and O–H groups in total. The second-order valence-corrected chi connectivity index (χ2v) is 5.16. The SMILES string of the molecule is Nc1cccnc1NC(=O)Nc1csc(-c2cccnc2)n1. The molecule has 0 saturated heterocycles. The van der Waals surface area contributed by atoms with Gasteiger partial charge in [0.1, 0.15) is 10.8 Å². The van der Waals surface area contributed by atoms with Crippen molar-refractivity contribution in [3.05, 3.63) is 48.2 Å². The zero-order valence-electron chi connectivity index (χ0n) is 11.4. The highest BCUT2D eigenvalue weighted by molar-refractivity contribution is 7.13. The maximum atomic E-state index is 11.9. The average Bonchev–Trinajstić information content (AvgIpc) is 2.99. The Morgan fingerprint density at radius 1 is 1.18 bits per heavy atom. The Labute approximate surface area is 130 Å². The number of pyridine rings is 2. The van der Waals surface area contributed by atoms with Crippen LogP contribution in [0, 0.1) is 0 Å². The first-order chi connectivity index (χ1) is 10.7. The van der Waals surface area contributed by atoms with Gasteiger partial charge < -0.3 is 5.73 Å². The summed E-state index contributed by atoms with van der Waals surface area (Å²) in [5.41, 5.74) is 7.01. The lowest BCUT2D eigenvalue weighted by atomic mass is 10.3. The molecule has 0 saturated carbocycles. The number of rotatable bonds is 3. The molecule has 3 rings (SSSR count). The number of urea groups is 1. The van der Waals surface area contributed by atoms with Gasteiger partial charge >= 0.3 is 6.03 Å². The van der Waals surface area contributed by atoms with Crippen LogP contribution in [0.1, 0.15) is 0 Å². The summed E-state index contributed by atoms with van der Waals surface area (Å²) in [7, 11) is 0. The number of nitrogens with one attached hydrogen (secondary N) is 2. The summed E-state index contributed by atoms with van der Waals surface area (Å²) >= 11 is 1.42. The fourth-order valence-corrected chi connectivity index (χ4v) is 2.47. The minimum absolute atomic E-state index is 0.308. The molecular formula is C14H12N6OS. The van der Waals surface area contributed by atoms with E-state index in [0.717, 1.165) is 10.6 Å². The Kier molecular flexibility index (Phi) is 3.92. The number of hydrogen-bond acceptors (Lipinski definition) is 6. The molecule has 0 unspecified atom stereocenters. The predicted molar refractivity (Wildman–Crippen MR) is 86.6 cm³/mol. The second-order valence-electron chi connectivity index (χ2n) is 4.30. The molecule has 0 fully saturated rings. The molecular weight excluding hydrogens is 300 g/mol. The van der Waals surface area contributed by atoms with Crippen molar-refractivity contribution < 1.29 is 4.79 Å². The third kappa shape index (κ3) is 3.18. The van der Waals surface area contributed by atoms with Crippen molar-refractivity contribution in [3.8, 4) is 10.6 Å². The molecule has 0 radical (unpaired) electrons. The summed E-state index contributed by atoms with van der Waals surface area (Å²) in [5, 5.41) is 7.75. The zero-order chi connectivity index (χ0) is 15.4. The normalized spacial score (nSPS) is 10.2. The standard InChI is InChI=1S/C14H12N6OS/c15-10-4-2-6-17-12(10)20-14(21)19-11-8-22-13(18-11)9-3-1-5-16-7-9/h1-8H,15H2,(H2,17,19,20,21). The number of carbonyl (C=O) groups is 1. The Morgan fingerprint density at radius 2 is 2.05 bits per heavy atom. The Hall–Kier alpha value is -3.00. The van der Waals surface area contributed by atoms with Crippen molar-refractivity contribution in [2.24, 2.45) is 0 Å². The van der Waals surface area contributed by atoms with Gasteiger partial charge in [0.05, 0.1) is 5.69 Å². The highest BCUT2D eigenvalue weighted by Crippen LogP contribution is 2.25. The van der Waals surface area contributed by atoms with Crippen molar-refractivity contribution in [1.82, 2.24) is 15.0 Å². The summed E-state index contributed by atoms with van der Waals surface area (Å²) in [6.07, 6.45) is 4.97. The van der Waals surface area contributed by atoms with Crippen LogP contribution in [0.25, 0.3) is 10.6 Å². The van der Waals surface area contributed by atoms with E-state index < -0.39 is 6.03 Å². The monoisotopic (exact) mass is 312 g/mol. The van der Waals surface area contributed by atoms with Crippen LogP contribution in [0.5, 0.6) is 0 Å². The molecule has 2 amide bonds. The van der Waals surface area contributed by atoms with Crippen molar-refractivity contribution in [1.29, 1.82) is 0 Å². The van der Waals surface area contributed by atoms with Crippen LogP contribution in [-0.4, -0.2) is 21.0 Å². The van der Waals surface area contributed by atoms with Gasteiger partial charge in [-0.15, -0.1) is 11.3 Å². The van der Waals surface area contributed by atoms with E-state index >= 15 is 0 Å². The molecule has 0 aliphatic carbocycles. The highest BCUT2D eigenvalue weighted by Gasteiger charge is 2.09. The van der Waals surface area contributed by atoms with E-state index in [-0.39, 0.29) is 0 Å². The van der Waals surface area contributed by atoms with Crippen molar-refractivity contribution in [3.63, 3.8) is 0 Å². The number of carbonyl (C=O) groups excluding carboxylic acids is 1. The number of amides is 2. The molecule has 110 valence electrons. The minimum Gasteiger partial charge on any atom is -0.396 e. The van der Waals surface area contributed by atoms with Gasteiger partial charge in [-0.05, 0) is 24.3 Å². The van der Waals surface area contributed by atoms with Crippen molar-refractivity contribution in [2.45, 2.75) is 0 Å². The fourth-order valence-electron chi connectivity index (χ4n) is 1.73. The zero-order valence-corrected chi connectivity index (χ0v) is 12.2. The second kappa shape index (κ2) is 6.19. The van der Waals surface area contributed by atoms with Crippen LogP contribution in [-0.2, 0) is 0 Å². The quantitative estimate of drug-likeness (QED) is 0.689. The average molecular weight is 312 g/mol. The van der Waals surface area contributed by atoms with E-state index in [4.69, 9.17) is 5.73 Å². The number of aromatic nitrogens is 3. The predicted octanol–water partition coefficient (Wildman–Crippen LogP) is 2.83. The molecule has 0 aliphatic heterocycles. The Morgan fingerprint density at radius 3 is 2.82 bits per heavy atom. The van der Waals surface area contributed by atoms with Gasteiger partial charge in [-0.2, -0.15) is 0 Å². The van der Waals surface area contributed by atoms with Crippen LogP contribution < -0.4 is 16.4 Å². The molecule has 0 aromatic carbocycles. The Bertz CT molecular complexity index is 789. The molecule has 3 heterocycles. The smallest absolute Gasteiger partial charge is 0.326 e. The molecule has 0 spiro atoms. The summed E-state index contributed by atoms with van der Waals surface area (Å²) in [5.74, 6) is 0.763. The third-order valence-corrected chi connectivity index (χ3v) is 3.62. The number of nitrogen functional groups attached to an aromatic ring is 1. The van der Waals surface area contributed by atoms with Gasteiger partial charge in [0.2, 0.25) is 0 Å². The summed E-state index contributed by atoms with van der Waals surface area (Å²) in [4.78, 5) is 24.3. The van der Waals surface area contributed by atoms with Gasteiger partial charge in [0.25, 0.3) is 0 Å². The highest BCUT2D eigenvalue weighted by atomic mass is 32.1. The molecule has 3 aromatic rings. The summed E-state index contributed by atoms with van der Waals surface area (Å²) in [6.45, 7) is 0. The molecule has 3 aromatic heterocycles. The third-order valence-electron chi connectivity index (χ3n) is 2.73. The first-order valence-corrected chi connectivity index (χ1v) is 7.25. The first kappa shape index (κ1) is 14.0. The van der Waals surface area contributed by atoms with E-state index in [1.165, 1.54) is 11.3 Å². The number of hydrogen-bond donors (Lipinski definition) is 3. The number of anilines is 3. The van der Waals surface area contributed by atoms with E-state index in [1.54, 1.807) is 36.1 Å². The van der Waals surface area contributed by atoms with Gasteiger partial charge in [0, 0.05) is 29.5 Å². The molecule has 7 nitrogen and oxygen atoms in total. The van der Waals surface area contributed by atoms with Crippen molar-refractivity contribution >= 4 is 34.7 Å². The first-order valence-electron chi connectivity index (χ1n) is 6.37. The van der Waals surface area contributed by atoms with Crippen LogP contribution >= 0.6 is 11.3 Å². The maximum absolute atomic E-state index is 11.9. The van der Waals surface area contributed by atoms with Crippen LogP contribution in [0.15, 0.2) is 48.2 Å². The van der Waals surface area contributed by atoms with E-state index in [1.807, 2.05) is 12.1 Å². The summed E-state index contributed by atoms with van der Waals surface area (Å²) < 4.78 is 0. The largest absolute Gasteiger partial charge is 0.396 e. The van der Waals surface area contributed by atoms with Gasteiger partial charge in [0.15, 0.2) is 5.82 Å². The number of nitrogens with zero attached hydrogens (tertiary/aromatic N) is 3. The fraction of sp³-hybridized carbons (Fsp3) is 0.